The molecule has 0 fully saturated rings. The number of benzene rings is 12. The maximum Gasteiger partial charge on any atom is 0.373 e. The molecular weight excluding hydrogens is 1820 g/mol. The number of hydrogen-bond acceptors (Lipinski definition) is 4. The van der Waals surface area contributed by atoms with E-state index in [1.54, 1.807) is 0 Å². The predicted molar refractivity (Wildman–Crippen MR) is 603 cm³/mol. The van der Waals surface area contributed by atoms with E-state index in [2.05, 4.69) is 526 Å². The van der Waals surface area contributed by atoms with Gasteiger partial charge in [-0.05, 0) is 231 Å². The van der Waals surface area contributed by atoms with Crippen LogP contribution in [0, 0.1) is 65.2 Å². The van der Waals surface area contributed by atoms with Gasteiger partial charge in [-0.15, -0.1) is 0 Å². The molecule has 734 valence electrons. The van der Waals surface area contributed by atoms with Gasteiger partial charge in [0, 0.05) is 45.9 Å². The van der Waals surface area contributed by atoms with Crippen LogP contribution in [0.2, 0.25) is 0 Å². The summed E-state index contributed by atoms with van der Waals surface area (Å²) in [6.07, 6.45) is 31.4. The number of aryl methyl sites for hydroxylation is 12. The summed E-state index contributed by atoms with van der Waals surface area (Å²) >= 11 is 0. The van der Waals surface area contributed by atoms with Crippen molar-refractivity contribution in [3.63, 3.8) is 0 Å². The molecule has 148 heavy (non-hydrogen) atoms. The van der Waals surface area contributed by atoms with Crippen LogP contribution in [-0.2, 0) is 68.0 Å². The highest BCUT2D eigenvalue weighted by atomic mass is 15.3. The predicted octanol–water partition coefficient (Wildman–Crippen LogP) is 25.2. The number of rotatable bonds is 11. The lowest BCUT2D eigenvalue weighted by Gasteiger charge is -2.16. The summed E-state index contributed by atoms with van der Waals surface area (Å²) in [5.41, 5.74) is 40.0. The molecule has 0 atom stereocenters. The maximum absolute atomic E-state index is 5.00. The van der Waals surface area contributed by atoms with Gasteiger partial charge in [-0.25, -0.2) is 36.4 Å². The highest BCUT2D eigenvalue weighted by Gasteiger charge is 2.34. The second kappa shape index (κ2) is 37.9. The van der Waals surface area contributed by atoms with Gasteiger partial charge in [-0.1, -0.05) is 231 Å². The zero-order chi connectivity index (χ0) is 102. The highest BCUT2D eigenvalue weighted by molar-refractivity contribution is 6.14. The summed E-state index contributed by atoms with van der Waals surface area (Å²) in [5, 5.41) is 10.2. The molecule has 28 rings (SSSR count). The second-order valence-corrected chi connectivity index (χ2v) is 42.2. The molecule has 0 saturated carbocycles. The van der Waals surface area contributed by atoms with Crippen LogP contribution in [-0.4, -0.2) is 64.1 Å². The van der Waals surface area contributed by atoms with Crippen LogP contribution in [0.4, 0.5) is 0 Å². The third-order valence-corrected chi connectivity index (χ3v) is 29.9. The topological polar surface area (TPSA) is 119 Å². The normalized spacial score (nSPS) is 12.0. The Morgan fingerprint density at radius 1 is 0.277 bits per heavy atom. The van der Waals surface area contributed by atoms with Crippen molar-refractivity contribution < 1.29 is 27.4 Å². The largest absolute Gasteiger partial charge is 0.373 e. The minimum absolute atomic E-state index is 0.599. The fourth-order valence-corrected chi connectivity index (χ4v) is 23.6. The Balaban J connectivity index is 0.0000000993. The smallest absolute Gasteiger partial charge is 0.265 e. The summed E-state index contributed by atoms with van der Waals surface area (Å²) in [5.74, 6) is 6.43. The molecule has 0 radical (unpaired) electrons. The van der Waals surface area contributed by atoms with Crippen molar-refractivity contribution in [3.8, 4) is 28.2 Å². The number of hydrogen-bond donors (Lipinski definition) is 0. The van der Waals surface area contributed by atoms with Crippen LogP contribution in [0.3, 0.4) is 0 Å². The molecule has 0 aliphatic heterocycles. The molecule has 0 unspecified atom stereocenters. The van der Waals surface area contributed by atoms with Gasteiger partial charge in [0.05, 0.1) is 120 Å². The quantitative estimate of drug-likeness (QED) is 0.0946. The number of pyridine rings is 3. The molecule has 12 aromatic carbocycles. The molecule has 20 heteroatoms. The Morgan fingerprint density at radius 2 is 0.696 bits per heavy atom. The minimum atomic E-state index is 0.599. The maximum atomic E-state index is 5.00. The van der Waals surface area contributed by atoms with Gasteiger partial charge in [0.15, 0.2) is 22.4 Å². The Morgan fingerprint density at radius 3 is 1.26 bits per heavy atom. The lowest BCUT2D eigenvalue weighted by Crippen LogP contribution is -2.28. The first kappa shape index (κ1) is 94.6. The van der Waals surface area contributed by atoms with E-state index in [-0.39, 0.29) is 0 Å². The van der Waals surface area contributed by atoms with Crippen molar-refractivity contribution in [3.05, 3.63) is 397 Å². The Hall–Kier alpha value is -17.0. The molecular formula is C128H128N20+6. The molecule has 0 saturated heterocycles. The molecule has 0 bridgehead atoms. The molecule has 28 aromatic rings. The third kappa shape index (κ3) is 15.9. The number of aromatic nitrogens is 20. The number of nitrogens with zero attached hydrogens (tertiary/aromatic N) is 20. The lowest BCUT2D eigenvalue weighted by molar-refractivity contribution is -0.646. The molecule has 20 nitrogen and oxygen atoms in total. The van der Waals surface area contributed by atoms with Gasteiger partial charge in [-0.3, -0.25) is 18.2 Å². The van der Waals surface area contributed by atoms with E-state index in [9.17, 15) is 0 Å². The SMILES string of the molecule is Cc1cccc2c1c1n(c3ccccc3[n+]1C)c1nc3ccccc3n21.Cc1cccc2c1c1n(cc[n+]1C)c1nc3ccccc3n21.Cc1cccc2c1c1n(cc[n+]1C)c1nccn21.Cc1cccc2c3ccccc3n3c(-c4c(CC(C)C)cccc4CC(C)C)c[n+](C)c3c12.Cc1ccccc1-n1ccn2cc[n+](C)c12.Cc1ccnc2c3ccccc3n3c(-c4c(CC(C)C)cccc4CC(C)C)c[n+](C)c3c12. The van der Waals surface area contributed by atoms with Gasteiger partial charge in [-0.2, -0.15) is 37.0 Å². The summed E-state index contributed by atoms with van der Waals surface area (Å²) in [6, 6.07) is 93.2. The Kier molecular flexibility index (Phi) is 24.2. The molecule has 0 aliphatic carbocycles. The zero-order valence-corrected chi connectivity index (χ0v) is 88.4. The van der Waals surface area contributed by atoms with E-state index >= 15 is 0 Å². The summed E-state index contributed by atoms with van der Waals surface area (Å²) in [4.78, 5) is 19.1. The monoisotopic (exact) mass is 1950 g/mol. The van der Waals surface area contributed by atoms with Crippen molar-refractivity contribution in [2.75, 3.05) is 0 Å². The second-order valence-electron chi connectivity index (χ2n) is 42.2. The first-order valence-electron chi connectivity index (χ1n) is 52.0. The Labute approximate surface area is 860 Å². The van der Waals surface area contributed by atoms with E-state index in [1.807, 2.05) is 30.7 Å². The average molecular weight is 1950 g/mol. The van der Waals surface area contributed by atoms with Gasteiger partial charge in [0.2, 0.25) is 0 Å². The standard InChI is InChI=1S/C31H35N2.C30H34N3.C22H17N4.C18H15N4.C14H13N4.C13H14N3/c1-20(2)17-23-12-10-13-24(18-21(3)4)30(23)28-19-32(6)31-29-22(5)11-9-15-26(29)25-14-7-8-16-27(25)33(28)31;1-19(2)16-22-10-9-11-23(17-20(3)4)28(22)26-18-32(6)30-27-21(5)14-15-31-29(27)24-12-7-8-13-25(24)33(26)30;1-14-8-7-13-19-20(14)21-24(2)17-11-5-6-12-18(17)26(21)22-23-15-9-3-4-10-16(15)25(19)22;1-12-6-5-9-15-16(12)17-20(2)10-11-21(17)18-19-13-7-3-4-8-14(13)22(15)18;1-10-4-3-5-11-12(10)13-16(2)8-9-18(13)14-15-6-7-17(11)14;1-11-5-3-4-6-12(11)16-10-9-15-8-7-14(2)13(15)16/h7-16,19-21H,17-18H2,1-6H3;7-15,18-20H,16-17H2,1-6H3;3-13H,1-2H3;3-11H,1-2H3;3-9H,1-2H3;3-10H,1-2H3/q6*+1. The van der Waals surface area contributed by atoms with Crippen LogP contribution in [0.5, 0.6) is 0 Å². The fraction of sp³-hybridized carbons (Fsp3) is 0.219. The molecule has 0 N–H and O–H groups in total. The minimum Gasteiger partial charge on any atom is -0.265 e. The van der Waals surface area contributed by atoms with Crippen molar-refractivity contribution in [1.82, 2.24) is 64.1 Å². The van der Waals surface area contributed by atoms with E-state index < -0.39 is 0 Å². The van der Waals surface area contributed by atoms with E-state index in [1.165, 1.54) is 194 Å². The molecule has 0 aliphatic rings. The summed E-state index contributed by atoms with van der Waals surface area (Å²) in [6.45, 7) is 31.6. The van der Waals surface area contributed by atoms with E-state index in [0.29, 0.717) is 23.7 Å². The highest BCUT2D eigenvalue weighted by Crippen LogP contribution is 2.42. The third-order valence-electron chi connectivity index (χ3n) is 29.9. The Bertz CT molecular complexity index is 9860. The number of fused-ring (bicyclic) bond motifs is 37. The van der Waals surface area contributed by atoms with Crippen molar-refractivity contribution in [2.45, 2.75) is 123 Å². The first-order valence-corrected chi connectivity index (χ1v) is 52.0. The van der Waals surface area contributed by atoms with Gasteiger partial charge < -0.3 is 0 Å². The van der Waals surface area contributed by atoms with Crippen LogP contribution < -0.4 is 27.4 Å². The number of imidazole rings is 10. The molecule has 16 aromatic heterocycles. The van der Waals surface area contributed by atoms with E-state index in [0.717, 1.165) is 76.4 Å². The van der Waals surface area contributed by atoms with Crippen LogP contribution in [0.15, 0.2) is 341 Å². The van der Waals surface area contributed by atoms with Crippen molar-refractivity contribution >= 4 is 161 Å². The zero-order valence-electron chi connectivity index (χ0n) is 88.4. The average Bonchev–Trinajstić information content (AvgIpc) is 1.54. The first-order chi connectivity index (χ1) is 71.8. The number of para-hydroxylation sites is 9. The van der Waals surface area contributed by atoms with Crippen molar-refractivity contribution in [2.24, 2.45) is 66.0 Å². The molecule has 0 spiro atoms. The van der Waals surface area contributed by atoms with Gasteiger partial charge in [0.1, 0.15) is 72.5 Å². The van der Waals surface area contributed by atoms with Crippen LogP contribution in [0.1, 0.15) is 111 Å². The van der Waals surface area contributed by atoms with Gasteiger partial charge >= 0.3 is 23.1 Å². The summed E-state index contributed by atoms with van der Waals surface area (Å²) in [7, 11) is 12.7. The van der Waals surface area contributed by atoms with Crippen molar-refractivity contribution in [1.29, 1.82) is 0 Å². The van der Waals surface area contributed by atoms with Gasteiger partial charge in [0.25, 0.3) is 28.2 Å². The van der Waals surface area contributed by atoms with Crippen LogP contribution in [0.25, 0.3) is 189 Å². The fourth-order valence-electron chi connectivity index (χ4n) is 23.6. The summed E-state index contributed by atoms with van der Waals surface area (Å²) < 4.78 is 35.9. The molecule has 16 heterocycles. The van der Waals surface area contributed by atoms with E-state index in [4.69, 9.17) is 15.0 Å². The van der Waals surface area contributed by atoms with Crippen LogP contribution >= 0.6 is 0 Å². The molecule has 0 amide bonds. The lowest BCUT2D eigenvalue weighted by atomic mass is 9.89.